The zero-order valence-corrected chi connectivity index (χ0v) is 11.0. The van der Waals surface area contributed by atoms with E-state index in [1.54, 1.807) is 0 Å². The number of carbonyl (C=O) groups excluding carboxylic acids is 1. The maximum atomic E-state index is 12.2. The van der Waals surface area contributed by atoms with Crippen LogP contribution < -0.4 is 5.32 Å². The number of hydrogen-bond donors (Lipinski definition) is 1. The van der Waals surface area contributed by atoms with Gasteiger partial charge in [0, 0.05) is 31.9 Å². The topological polar surface area (TPSA) is 45.2 Å². The Bertz CT molecular complexity index is 403. The first-order valence-corrected chi connectivity index (χ1v) is 5.63. The molecular weight excluding hydrogens is 238 g/mol. The Morgan fingerprint density at radius 1 is 1.29 bits per heavy atom. The van der Waals surface area contributed by atoms with E-state index in [-0.39, 0.29) is 18.3 Å². The van der Waals surface area contributed by atoms with Crippen LogP contribution in [0.4, 0.5) is 0 Å². The molecule has 0 unspecified atom stereocenters. The van der Waals surface area contributed by atoms with E-state index < -0.39 is 0 Å². The molecule has 1 aliphatic rings. The number of carbonyl (C=O) groups is 1. The van der Waals surface area contributed by atoms with Gasteiger partial charge in [-0.3, -0.25) is 9.78 Å². The molecule has 0 bridgehead atoms. The van der Waals surface area contributed by atoms with E-state index in [4.69, 9.17) is 0 Å². The summed E-state index contributed by atoms with van der Waals surface area (Å²) < 4.78 is 0. The maximum Gasteiger partial charge on any atom is 0.255 e. The largest absolute Gasteiger partial charge is 0.336 e. The van der Waals surface area contributed by atoms with Gasteiger partial charge in [0.25, 0.3) is 5.91 Å². The fourth-order valence-corrected chi connectivity index (χ4v) is 1.95. The van der Waals surface area contributed by atoms with Crippen molar-refractivity contribution in [2.24, 2.45) is 0 Å². The Balaban J connectivity index is 0.00000144. The van der Waals surface area contributed by atoms with Gasteiger partial charge < -0.3 is 10.2 Å². The Kier molecular flexibility index (Phi) is 4.90. The predicted octanol–water partition coefficient (Wildman–Crippen LogP) is 1.17. The lowest BCUT2D eigenvalue weighted by molar-refractivity contribution is 0.0734. The SMILES string of the molecule is Cc1ccc(C(=O)N2CCNCC2)c(C)n1.Cl. The molecule has 1 amide bonds. The number of nitrogens with one attached hydrogen (secondary N) is 1. The number of hydrogen-bond acceptors (Lipinski definition) is 3. The molecule has 1 aromatic rings. The lowest BCUT2D eigenvalue weighted by Crippen LogP contribution is -2.46. The first kappa shape index (κ1) is 13.9. The molecule has 0 atom stereocenters. The first-order chi connectivity index (χ1) is 7.68. The molecule has 94 valence electrons. The summed E-state index contributed by atoms with van der Waals surface area (Å²) in [6, 6.07) is 3.77. The van der Waals surface area contributed by atoms with Crippen molar-refractivity contribution in [3.63, 3.8) is 0 Å². The second-order valence-corrected chi connectivity index (χ2v) is 4.13. The second kappa shape index (κ2) is 5.98. The van der Waals surface area contributed by atoms with Crippen molar-refractivity contribution in [2.75, 3.05) is 26.2 Å². The molecule has 0 aromatic carbocycles. The molecule has 0 saturated carbocycles. The van der Waals surface area contributed by atoms with Gasteiger partial charge in [-0.15, -0.1) is 12.4 Å². The van der Waals surface area contributed by atoms with E-state index in [9.17, 15) is 4.79 Å². The molecule has 0 spiro atoms. The van der Waals surface area contributed by atoms with Gasteiger partial charge in [0.05, 0.1) is 11.3 Å². The van der Waals surface area contributed by atoms with Crippen molar-refractivity contribution >= 4 is 18.3 Å². The molecule has 4 nitrogen and oxygen atoms in total. The van der Waals surface area contributed by atoms with Crippen LogP contribution in [-0.4, -0.2) is 42.0 Å². The number of halogens is 1. The lowest BCUT2D eigenvalue weighted by atomic mass is 10.1. The number of aromatic nitrogens is 1. The van der Waals surface area contributed by atoms with Crippen LogP contribution in [0.5, 0.6) is 0 Å². The molecule has 5 heteroatoms. The van der Waals surface area contributed by atoms with Crippen molar-refractivity contribution in [1.82, 2.24) is 15.2 Å². The molecule has 1 saturated heterocycles. The molecule has 1 fully saturated rings. The van der Waals surface area contributed by atoms with E-state index in [2.05, 4.69) is 10.3 Å². The Labute approximate surface area is 108 Å². The van der Waals surface area contributed by atoms with E-state index in [0.29, 0.717) is 0 Å². The Morgan fingerprint density at radius 2 is 1.94 bits per heavy atom. The van der Waals surface area contributed by atoms with Gasteiger partial charge >= 0.3 is 0 Å². The molecule has 1 N–H and O–H groups in total. The summed E-state index contributed by atoms with van der Waals surface area (Å²) in [5, 5.41) is 3.24. The van der Waals surface area contributed by atoms with E-state index >= 15 is 0 Å². The quantitative estimate of drug-likeness (QED) is 0.819. The highest BCUT2D eigenvalue weighted by molar-refractivity contribution is 5.95. The minimum atomic E-state index is 0. The fourth-order valence-electron chi connectivity index (χ4n) is 1.95. The number of rotatable bonds is 1. The summed E-state index contributed by atoms with van der Waals surface area (Å²) in [5.41, 5.74) is 2.50. The van der Waals surface area contributed by atoms with E-state index in [0.717, 1.165) is 43.1 Å². The smallest absolute Gasteiger partial charge is 0.255 e. The highest BCUT2D eigenvalue weighted by Gasteiger charge is 2.19. The van der Waals surface area contributed by atoms with Crippen molar-refractivity contribution in [3.05, 3.63) is 29.1 Å². The lowest BCUT2D eigenvalue weighted by Gasteiger charge is -2.27. The third kappa shape index (κ3) is 3.17. The van der Waals surface area contributed by atoms with Crippen molar-refractivity contribution in [3.8, 4) is 0 Å². The minimum Gasteiger partial charge on any atom is -0.336 e. The summed E-state index contributed by atoms with van der Waals surface area (Å²) in [7, 11) is 0. The van der Waals surface area contributed by atoms with E-state index in [1.165, 1.54) is 0 Å². The normalized spacial score (nSPS) is 15.3. The minimum absolute atomic E-state index is 0. The predicted molar refractivity (Wildman–Crippen MR) is 69.7 cm³/mol. The molecule has 17 heavy (non-hydrogen) atoms. The maximum absolute atomic E-state index is 12.2. The summed E-state index contributed by atoms with van der Waals surface area (Å²) in [4.78, 5) is 18.4. The van der Waals surface area contributed by atoms with Crippen LogP contribution in [-0.2, 0) is 0 Å². The first-order valence-electron chi connectivity index (χ1n) is 5.63. The summed E-state index contributed by atoms with van der Waals surface area (Å²) in [6.07, 6.45) is 0. The molecule has 1 aromatic heterocycles. The van der Waals surface area contributed by atoms with Gasteiger partial charge in [0.2, 0.25) is 0 Å². The molecule has 2 heterocycles. The van der Waals surface area contributed by atoms with Crippen LogP contribution >= 0.6 is 12.4 Å². The number of amides is 1. The highest BCUT2D eigenvalue weighted by atomic mass is 35.5. The van der Waals surface area contributed by atoms with Crippen molar-refractivity contribution in [1.29, 1.82) is 0 Å². The van der Waals surface area contributed by atoms with Gasteiger partial charge in [-0.05, 0) is 26.0 Å². The van der Waals surface area contributed by atoms with Gasteiger partial charge in [0.15, 0.2) is 0 Å². The van der Waals surface area contributed by atoms with Gasteiger partial charge in [-0.1, -0.05) is 0 Å². The summed E-state index contributed by atoms with van der Waals surface area (Å²) in [5.74, 6) is 0.103. The van der Waals surface area contributed by atoms with Crippen LogP contribution in [0.2, 0.25) is 0 Å². The highest BCUT2D eigenvalue weighted by Crippen LogP contribution is 2.10. The number of aryl methyl sites for hydroxylation is 2. The van der Waals surface area contributed by atoms with Crippen LogP contribution in [0.3, 0.4) is 0 Å². The molecule has 1 aliphatic heterocycles. The Hall–Kier alpha value is -1.13. The zero-order valence-electron chi connectivity index (χ0n) is 10.2. The monoisotopic (exact) mass is 255 g/mol. The van der Waals surface area contributed by atoms with E-state index in [1.807, 2.05) is 30.9 Å². The molecule has 0 radical (unpaired) electrons. The third-order valence-corrected chi connectivity index (χ3v) is 2.86. The fraction of sp³-hybridized carbons (Fsp3) is 0.500. The van der Waals surface area contributed by atoms with Crippen LogP contribution in [0.15, 0.2) is 12.1 Å². The van der Waals surface area contributed by atoms with Crippen LogP contribution in [0.25, 0.3) is 0 Å². The second-order valence-electron chi connectivity index (χ2n) is 4.13. The summed E-state index contributed by atoms with van der Waals surface area (Å²) >= 11 is 0. The van der Waals surface area contributed by atoms with Gasteiger partial charge in [-0.25, -0.2) is 0 Å². The van der Waals surface area contributed by atoms with Crippen LogP contribution in [0.1, 0.15) is 21.7 Å². The molecular formula is C12H18ClN3O. The zero-order chi connectivity index (χ0) is 11.5. The average Bonchev–Trinajstić information content (AvgIpc) is 2.29. The standard InChI is InChI=1S/C12H17N3O.ClH/c1-9-3-4-11(10(2)14-9)12(16)15-7-5-13-6-8-15;/h3-4,13H,5-8H2,1-2H3;1H. The number of piperazine rings is 1. The Morgan fingerprint density at radius 3 is 2.53 bits per heavy atom. The number of pyridine rings is 1. The van der Waals surface area contributed by atoms with Crippen LogP contribution in [0, 0.1) is 13.8 Å². The summed E-state index contributed by atoms with van der Waals surface area (Å²) in [6.45, 7) is 7.15. The number of nitrogens with zero attached hydrogens (tertiary/aromatic N) is 2. The van der Waals surface area contributed by atoms with Gasteiger partial charge in [-0.2, -0.15) is 0 Å². The average molecular weight is 256 g/mol. The van der Waals surface area contributed by atoms with Gasteiger partial charge in [0.1, 0.15) is 0 Å². The molecule has 2 rings (SSSR count). The van der Waals surface area contributed by atoms with Crippen molar-refractivity contribution < 1.29 is 4.79 Å². The molecule has 0 aliphatic carbocycles. The van der Waals surface area contributed by atoms with Crippen molar-refractivity contribution in [2.45, 2.75) is 13.8 Å². The third-order valence-electron chi connectivity index (χ3n) is 2.86.